The van der Waals surface area contributed by atoms with E-state index in [2.05, 4.69) is 17.2 Å². The molecule has 0 unspecified atom stereocenters. The van der Waals surface area contributed by atoms with Gasteiger partial charge in [-0.25, -0.2) is 4.79 Å². The number of nitrogens with zero attached hydrogens (tertiary/aromatic N) is 1. The van der Waals surface area contributed by atoms with Crippen LogP contribution in [0.5, 0.6) is 0 Å². The normalized spacial score (nSPS) is 10.9. The van der Waals surface area contributed by atoms with Gasteiger partial charge >= 0.3 is 12.0 Å². The largest absolute Gasteiger partial charge is 0.480 e. The van der Waals surface area contributed by atoms with Gasteiger partial charge in [-0.05, 0) is 20.9 Å². The smallest absolute Gasteiger partial charge is 0.323 e. The average molecular weight is 257 g/mol. The van der Waals surface area contributed by atoms with Gasteiger partial charge in [-0.2, -0.15) is 0 Å². The molecule has 0 bridgehead atoms. The Morgan fingerprint density at radius 3 is 2.39 bits per heavy atom. The Morgan fingerprint density at radius 2 is 1.94 bits per heavy atom. The molecule has 0 saturated carbocycles. The van der Waals surface area contributed by atoms with Crippen LogP contribution in [0.2, 0.25) is 0 Å². The van der Waals surface area contributed by atoms with Crippen molar-refractivity contribution in [1.82, 2.24) is 15.5 Å². The van der Waals surface area contributed by atoms with E-state index in [1.54, 1.807) is 0 Å². The van der Waals surface area contributed by atoms with Crippen LogP contribution < -0.4 is 10.6 Å². The molecule has 0 aromatic rings. The molecule has 0 aliphatic carbocycles. The van der Waals surface area contributed by atoms with Crippen LogP contribution in [0.1, 0.15) is 13.8 Å². The lowest BCUT2D eigenvalue weighted by molar-refractivity contribution is -0.149. The zero-order valence-electron chi connectivity index (χ0n) is 10.8. The molecule has 0 rings (SSSR count). The van der Waals surface area contributed by atoms with E-state index < -0.39 is 23.4 Å². The van der Waals surface area contributed by atoms with Crippen LogP contribution in [0.4, 0.5) is 4.79 Å². The Labute approximate surface area is 106 Å². The minimum absolute atomic E-state index is 0.194. The number of nitrogens with one attached hydrogen (secondary N) is 2. The Balaban J connectivity index is 4.28. The summed E-state index contributed by atoms with van der Waals surface area (Å²) in [7, 11) is 1.50. The first-order valence-corrected chi connectivity index (χ1v) is 5.35. The van der Waals surface area contributed by atoms with E-state index in [-0.39, 0.29) is 13.1 Å². The van der Waals surface area contributed by atoms with Crippen LogP contribution in [-0.4, -0.2) is 53.6 Å². The number of carbonyl (C=O) groups is 3. The predicted molar refractivity (Wildman–Crippen MR) is 66.1 cm³/mol. The average Bonchev–Trinajstić information content (AvgIpc) is 2.25. The minimum atomic E-state index is -1.19. The highest BCUT2D eigenvalue weighted by Crippen LogP contribution is 2.11. The number of carboxylic acids is 1. The number of imide groups is 1. The summed E-state index contributed by atoms with van der Waals surface area (Å²) in [6, 6.07) is -0.638. The molecular formula is C11H19N3O4. The number of aliphatic carboxylic acids is 1. The minimum Gasteiger partial charge on any atom is -0.480 e. The maximum atomic E-state index is 11.5. The molecule has 0 saturated heterocycles. The number of hydrogen-bond donors (Lipinski definition) is 3. The first-order valence-electron chi connectivity index (χ1n) is 5.35. The lowest BCUT2D eigenvalue weighted by atomic mass is 10.0. The van der Waals surface area contributed by atoms with E-state index in [1.807, 2.05) is 0 Å². The van der Waals surface area contributed by atoms with Crippen molar-refractivity contribution in [1.29, 1.82) is 0 Å². The fourth-order valence-electron chi connectivity index (χ4n) is 0.952. The Bertz CT molecular complexity index is 352. The van der Waals surface area contributed by atoms with Gasteiger partial charge in [0.15, 0.2) is 0 Å². The van der Waals surface area contributed by atoms with Gasteiger partial charge in [-0.15, -0.1) is 6.58 Å². The van der Waals surface area contributed by atoms with Crippen LogP contribution in [0, 0.1) is 0 Å². The highest BCUT2D eigenvalue weighted by Gasteiger charge is 2.33. The van der Waals surface area contributed by atoms with Gasteiger partial charge in [0, 0.05) is 6.54 Å². The van der Waals surface area contributed by atoms with Gasteiger partial charge in [-0.3, -0.25) is 19.8 Å². The van der Waals surface area contributed by atoms with Gasteiger partial charge in [0.2, 0.25) is 5.91 Å². The highest BCUT2D eigenvalue weighted by atomic mass is 16.4. The summed E-state index contributed by atoms with van der Waals surface area (Å²) in [5, 5.41) is 13.4. The second-order valence-corrected chi connectivity index (χ2v) is 4.27. The number of carboxylic acid groups (broad SMARTS) is 1. The molecule has 0 radical (unpaired) electrons. The standard InChI is InChI=1S/C11H19N3O4/c1-5-6-12-10(18)13-8(15)7-14(4)11(2,3)9(16)17/h5H,1,6-7H2,2-4H3,(H,16,17)(H2,12,13,15,18). The summed E-state index contributed by atoms with van der Waals surface area (Å²) in [6.45, 7) is 6.41. The molecule has 0 atom stereocenters. The fraction of sp³-hybridized carbons (Fsp3) is 0.545. The summed E-state index contributed by atoms with van der Waals surface area (Å²) in [5.74, 6) is -1.62. The van der Waals surface area contributed by atoms with Crippen LogP contribution in [0.3, 0.4) is 0 Å². The second kappa shape index (κ2) is 6.75. The molecule has 0 spiro atoms. The SMILES string of the molecule is C=CCNC(=O)NC(=O)CN(C)C(C)(C)C(=O)O. The lowest BCUT2D eigenvalue weighted by Crippen LogP contribution is -2.52. The maximum Gasteiger partial charge on any atom is 0.323 e. The van der Waals surface area contributed by atoms with Crippen molar-refractivity contribution in [3.05, 3.63) is 12.7 Å². The molecule has 18 heavy (non-hydrogen) atoms. The molecule has 7 nitrogen and oxygen atoms in total. The monoisotopic (exact) mass is 257 g/mol. The molecule has 102 valence electrons. The number of rotatable bonds is 6. The number of amides is 3. The maximum absolute atomic E-state index is 11.5. The van der Waals surface area contributed by atoms with Crippen LogP contribution in [-0.2, 0) is 9.59 Å². The molecule has 0 aliphatic rings. The summed E-state index contributed by atoms with van der Waals surface area (Å²) in [4.78, 5) is 34.9. The molecule has 3 amide bonds. The van der Waals surface area contributed by atoms with Gasteiger partial charge in [0.25, 0.3) is 0 Å². The van der Waals surface area contributed by atoms with Crippen molar-refractivity contribution in [2.45, 2.75) is 19.4 Å². The first-order chi connectivity index (χ1) is 8.21. The van der Waals surface area contributed by atoms with E-state index in [1.165, 1.54) is 31.9 Å². The topological polar surface area (TPSA) is 98.7 Å². The van der Waals surface area contributed by atoms with Crippen molar-refractivity contribution in [2.75, 3.05) is 20.1 Å². The van der Waals surface area contributed by atoms with Gasteiger partial charge < -0.3 is 10.4 Å². The highest BCUT2D eigenvalue weighted by molar-refractivity contribution is 5.95. The Hall–Kier alpha value is -1.89. The van der Waals surface area contributed by atoms with Crippen LogP contribution >= 0.6 is 0 Å². The molecule has 0 aromatic carbocycles. The zero-order valence-corrected chi connectivity index (χ0v) is 10.8. The van der Waals surface area contributed by atoms with Crippen molar-refractivity contribution in [3.63, 3.8) is 0 Å². The molecular weight excluding hydrogens is 238 g/mol. The summed E-state index contributed by atoms with van der Waals surface area (Å²) >= 11 is 0. The first kappa shape index (κ1) is 16.1. The van der Waals surface area contributed by atoms with Gasteiger partial charge in [0.1, 0.15) is 5.54 Å². The number of urea groups is 1. The number of carbonyl (C=O) groups excluding carboxylic acids is 2. The molecule has 3 N–H and O–H groups in total. The molecule has 0 aromatic heterocycles. The molecule has 0 heterocycles. The lowest BCUT2D eigenvalue weighted by Gasteiger charge is -2.30. The molecule has 0 aliphatic heterocycles. The van der Waals surface area contributed by atoms with E-state index >= 15 is 0 Å². The Morgan fingerprint density at radius 1 is 1.39 bits per heavy atom. The summed E-state index contributed by atoms with van der Waals surface area (Å²) < 4.78 is 0. The van der Waals surface area contributed by atoms with E-state index in [4.69, 9.17) is 5.11 Å². The molecule has 7 heteroatoms. The van der Waals surface area contributed by atoms with E-state index in [0.29, 0.717) is 0 Å². The van der Waals surface area contributed by atoms with Gasteiger partial charge in [-0.1, -0.05) is 6.08 Å². The van der Waals surface area contributed by atoms with Crippen molar-refractivity contribution < 1.29 is 19.5 Å². The van der Waals surface area contributed by atoms with Crippen molar-refractivity contribution in [2.24, 2.45) is 0 Å². The number of likely N-dealkylation sites (N-methyl/N-ethyl adjacent to an activating group) is 1. The third-order valence-electron chi connectivity index (χ3n) is 2.52. The van der Waals surface area contributed by atoms with E-state index in [9.17, 15) is 14.4 Å². The fourth-order valence-corrected chi connectivity index (χ4v) is 0.952. The third kappa shape index (κ3) is 4.96. The summed E-state index contributed by atoms with van der Waals surface area (Å²) in [5.41, 5.74) is -1.19. The zero-order chi connectivity index (χ0) is 14.3. The summed E-state index contributed by atoms with van der Waals surface area (Å²) in [6.07, 6.45) is 1.48. The van der Waals surface area contributed by atoms with Crippen LogP contribution in [0.15, 0.2) is 12.7 Å². The Kier molecular flexibility index (Phi) is 6.04. The van der Waals surface area contributed by atoms with Crippen molar-refractivity contribution in [3.8, 4) is 0 Å². The third-order valence-corrected chi connectivity index (χ3v) is 2.52. The second-order valence-electron chi connectivity index (χ2n) is 4.27. The van der Waals surface area contributed by atoms with Crippen molar-refractivity contribution >= 4 is 17.9 Å². The van der Waals surface area contributed by atoms with E-state index in [0.717, 1.165) is 0 Å². The van der Waals surface area contributed by atoms with Crippen LogP contribution in [0.25, 0.3) is 0 Å². The predicted octanol–water partition coefficient (Wildman–Crippen LogP) is -0.207. The van der Waals surface area contributed by atoms with Gasteiger partial charge in [0.05, 0.1) is 6.54 Å². The molecule has 0 fully saturated rings. The quantitative estimate of drug-likeness (QED) is 0.572. The number of hydrogen-bond acceptors (Lipinski definition) is 4.